The molecular weight excluding hydrogens is 258 g/mol. The second-order valence-corrected chi connectivity index (χ2v) is 4.90. The number of aromatic nitrogens is 2. The van der Waals surface area contributed by atoms with Gasteiger partial charge in [0, 0.05) is 32.4 Å². The van der Waals surface area contributed by atoms with Crippen molar-refractivity contribution in [3.63, 3.8) is 0 Å². The number of amides is 1. The number of anilines is 1. The number of nitrogens with zero attached hydrogens (tertiary/aromatic N) is 4. The average Bonchev–Trinajstić information content (AvgIpc) is 2.47. The molecule has 0 unspecified atom stereocenters. The Morgan fingerprint density at radius 2 is 2.20 bits per heavy atom. The fourth-order valence-electron chi connectivity index (χ4n) is 1.88. The number of carbonyl (C=O) groups is 1. The van der Waals surface area contributed by atoms with Crippen LogP contribution in [0.1, 0.15) is 10.5 Å². The van der Waals surface area contributed by atoms with E-state index in [1.54, 1.807) is 17.2 Å². The van der Waals surface area contributed by atoms with Crippen LogP contribution >= 0.6 is 0 Å². The molecule has 1 saturated heterocycles. The topological polar surface area (TPSA) is 70.6 Å². The highest BCUT2D eigenvalue weighted by molar-refractivity contribution is 5.92. The molecule has 0 aromatic carbocycles. The summed E-state index contributed by atoms with van der Waals surface area (Å²) in [6.45, 7) is 4.03. The first-order chi connectivity index (χ1) is 9.66. The summed E-state index contributed by atoms with van der Waals surface area (Å²) < 4.78 is 5.24. The van der Waals surface area contributed by atoms with Crippen LogP contribution in [0.5, 0.6) is 0 Å². The van der Waals surface area contributed by atoms with Crippen molar-refractivity contribution in [1.82, 2.24) is 19.8 Å². The van der Waals surface area contributed by atoms with Gasteiger partial charge in [-0.25, -0.2) is 9.97 Å². The summed E-state index contributed by atoms with van der Waals surface area (Å²) in [7, 11) is 4.00. The number of rotatable bonds is 5. The highest BCUT2D eigenvalue weighted by Gasteiger charge is 2.19. The van der Waals surface area contributed by atoms with Gasteiger partial charge in [-0.05, 0) is 20.2 Å². The largest absolute Gasteiger partial charge is 0.378 e. The highest BCUT2D eigenvalue weighted by atomic mass is 16.5. The summed E-state index contributed by atoms with van der Waals surface area (Å²) in [6, 6.07) is 1.65. The molecule has 20 heavy (non-hydrogen) atoms. The zero-order valence-electron chi connectivity index (χ0n) is 12.0. The van der Waals surface area contributed by atoms with E-state index in [0.29, 0.717) is 37.9 Å². The molecule has 110 valence electrons. The number of morpholine rings is 1. The molecule has 2 rings (SSSR count). The first-order valence-electron chi connectivity index (χ1n) is 6.75. The molecule has 1 aliphatic heterocycles. The van der Waals surface area contributed by atoms with Crippen LogP contribution < -0.4 is 5.32 Å². The zero-order valence-corrected chi connectivity index (χ0v) is 12.0. The van der Waals surface area contributed by atoms with Gasteiger partial charge >= 0.3 is 0 Å². The Kier molecular flexibility index (Phi) is 5.25. The van der Waals surface area contributed by atoms with Gasteiger partial charge in [-0.1, -0.05) is 0 Å². The van der Waals surface area contributed by atoms with Crippen LogP contribution in [0.2, 0.25) is 0 Å². The summed E-state index contributed by atoms with van der Waals surface area (Å²) in [5.74, 6) is 0.428. The Hall–Kier alpha value is -1.73. The number of nitrogens with one attached hydrogen (secondary N) is 1. The van der Waals surface area contributed by atoms with Crippen molar-refractivity contribution in [2.75, 3.05) is 58.8 Å². The molecule has 7 heteroatoms. The molecule has 7 nitrogen and oxygen atoms in total. The van der Waals surface area contributed by atoms with Gasteiger partial charge in [0.1, 0.15) is 5.69 Å². The van der Waals surface area contributed by atoms with Gasteiger partial charge in [-0.3, -0.25) is 4.79 Å². The second-order valence-electron chi connectivity index (χ2n) is 4.90. The van der Waals surface area contributed by atoms with E-state index >= 15 is 0 Å². The maximum Gasteiger partial charge on any atom is 0.272 e. The van der Waals surface area contributed by atoms with Crippen LogP contribution in [0.15, 0.2) is 12.3 Å². The van der Waals surface area contributed by atoms with E-state index in [4.69, 9.17) is 4.74 Å². The van der Waals surface area contributed by atoms with Crippen LogP contribution in [0.25, 0.3) is 0 Å². The lowest BCUT2D eigenvalue weighted by molar-refractivity contribution is 0.0299. The van der Waals surface area contributed by atoms with Gasteiger partial charge in [0.25, 0.3) is 5.91 Å². The molecule has 1 amide bonds. The van der Waals surface area contributed by atoms with E-state index in [0.717, 1.165) is 13.1 Å². The van der Waals surface area contributed by atoms with Gasteiger partial charge in [0.2, 0.25) is 5.95 Å². The molecule has 0 saturated carbocycles. The van der Waals surface area contributed by atoms with Crippen molar-refractivity contribution < 1.29 is 9.53 Å². The molecule has 1 aromatic heterocycles. The minimum absolute atomic E-state index is 0.0636. The average molecular weight is 279 g/mol. The summed E-state index contributed by atoms with van der Waals surface area (Å²) in [5.41, 5.74) is 0.425. The first kappa shape index (κ1) is 14.7. The van der Waals surface area contributed by atoms with Crippen molar-refractivity contribution in [2.24, 2.45) is 0 Å². The first-order valence-corrected chi connectivity index (χ1v) is 6.75. The maximum atomic E-state index is 12.3. The van der Waals surface area contributed by atoms with Crippen molar-refractivity contribution in [1.29, 1.82) is 0 Å². The maximum absolute atomic E-state index is 12.3. The number of hydrogen-bond acceptors (Lipinski definition) is 6. The molecule has 1 N–H and O–H groups in total. The molecule has 1 aromatic rings. The van der Waals surface area contributed by atoms with Gasteiger partial charge < -0.3 is 19.9 Å². The number of ether oxygens (including phenoxy) is 1. The van der Waals surface area contributed by atoms with Crippen LogP contribution in [-0.2, 0) is 4.74 Å². The lowest BCUT2D eigenvalue weighted by Crippen LogP contribution is -2.41. The second kappa shape index (κ2) is 7.16. The van der Waals surface area contributed by atoms with Gasteiger partial charge in [0.15, 0.2) is 0 Å². The Labute approximate surface area is 118 Å². The lowest BCUT2D eigenvalue weighted by Gasteiger charge is -2.26. The van der Waals surface area contributed by atoms with Crippen LogP contribution in [0.3, 0.4) is 0 Å². The Bertz CT molecular complexity index is 446. The fourth-order valence-corrected chi connectivity index (χ4v) is 1.88. The fraction of sp³-hybridized carbons (Fsp3) is 0.615. The summed E-state index contributed by atoms with van der Waals surface area (Å²) in [4.78, 5) is 24.5. The molecule has 0 bridgehead atoms. The molecule has 0 aliphatic carbocycles. The Morgan fingerprint density at radius 3 is 2.90 bits per heavy atom. The standard InChI is InChI=1S/C13H21N5O2/c1-17(2)6-5-15-13-14-4-3-11(16-13)12(19)18-7-9-20-10-8-18/h3-4H,5-10H2,1-2H3,(H,14,15,16). The summed E-state index contributed by atoms with van der Waals surface area (Å²) >= 11 is 0. The quantitative estimate of drug-likeness (QED) is 0.813. The van der Waals surface area contributed by atoms with Crippen molar-refractivity contribution in [2.45, 2.75) is 0 Å². The lowest BCUT2D eigenvalue weighted by atomic mass is 10.3. The van der Waals surface area contributed by atoms with Gasteiger partial charge in [0.05, 0.1) is 13.2 Å². The smallest absolute Gasteiger partial charge is 0.272 e. The van der Waals surface area contributed by atoms with Crippen molar-refractivity contribution in [3.05, 3.63) is 18.0 Å². The van der Waals surface area contributed by atoms with Gasteiger partial charge in [-0.2, -0.15) is 0 Å². The van der Waals surface area contributed by atoms with Crippen molar-refractivity contribution >= 4 is 11.9 Å². The third-order valence-electron chi connectivity index (χ3n) is 3.02. The monoisotopic (exact) mass is 279 g/mol. The predicted octanol–water partition coefficient (Wildman–Crippen LogP) is -0.0775. The van der Waals surface area contributed by atoms with E-state index in [1.807, 2.05) is 14.1 Å². The molecule has 0 atom stereocenters. The van der Waals surface area contributed by atoms with Crippen LogP contribution in [-0.4, -0.2) is 79.2 Å². The van der Waals surface area contributed by atoms with E-state index in [-0.39, 0.29) is 5.91 Å². The number of carbonyl (C=O) groups excluding carboxylic acids is 1. The minimum Gasteiger partial charge on any atom is -0.378 e. The molecule has 1 fully saturated rings. The van der Waals surface area contributed by atoms with E-state index in [2.05, 4.69) is 20.2 Å². The third kappa shape index (κ3) is 4.14. The van der Waals surface area contributed by atoms with E-state index in [9.17, 15) is 4.79 Å². The number of likely N-dealkylation sites (N-methyl/N-ethyl adjacent to an activating group) is 1. The Morgan fingerprint density at radius 1 is 1.45 bits per heavy atom. The molecule has 0 spiro atoms. The van der Waals surface area contributed by atoms with Crippen molar-refractivity contribution in [3.8, 4) is 0 Å². The third-order valence-corrected chi connectivity index (χ3v) is 3.02. The van der Waals surface area contributed by atoms with E-state index < -0.39 is 0 Å². The van der Waals surface area contributed by atoms with E-state index in [1.165, 1.54) is 0 Å². The molecular formula is C13H21N5O2. The molecule has 1 aliphatic rings. The van der Waals surface area contributed by atoms with Crippen LogP contribution in [0, 0.1) is 0 Å². The molecule has 0 radical (unpaired) electrons. The minimum atomic E-state index is -0.0636. The Balaban J connectivity index is 1.95. The van der Waals surface area contributed by atoms with Gasteiger partial charge in [-0.15, -0.1) is 0 Å². The zero-order chi connectivity index (χ0) is 14.4. The highest BCUT2D eigenvalue weighted by Crippen LogP contribution is 2.06. The molecule has 2 heterocycles. The normalized spacial score (nSPS) is 15.4. The van der Waals surface area contributed by atoms with Crippen LogP contribution in [0.4, 0.5) is 5.95 Å². The predicted molar refractivity (Wildman–Crippen MR) is 75.8 cm³/mol. The summed E-state index contributed by atoms with van der Waals surface area (Å²) in [6.07, 6.45) is 1.61. The SMILES string of the molecule is CN(C)CCNc1nccc(C(=O)N2CCOCC2)n1. The summed E-state index contributed by atoms with van der Waals surface area (Å²) in [5, 5.41) is 3.11. The number of hydrogen-bond donors (Lipinski definition) is 1.